The van der Waals surface area contributed by atoms with E-state index in [4.69, 9.17) is 34.7 Å². The fourth-order valence-electron chi connectivity index (χ4n) is 1.14. The summed E-state index contributed by atoms with van der Waals surface area (Å²) in [7, 11) is 0. The molecule has 0 unspecified atom stereocenters. The van der Waals surface area contributed by atoms with Crippen LogP contribution in [0.25, 0.3) is 0 Å². The maximum atomic E-state index is 5.97. The van der Waals surface area contributed by atoms with Gasteiger partial charge in [0.1, 0.15) is 0 Å². The molecule has 72 valence electrons. The predicted molar refractivity (Wildman–Crippen MR) is 57.1 cm³/mol. The van der Waals surface area contributed by atoms with Gasteiger partial charge in [0.2, 0.25) is 0 Å². The molecule has 1 aromatic rings. The van der Waals surface area contributed by atoms with E-state index in [9.17, 15) is 0 Å². The molecule has 0 aliphatic heterocycles. The van der Waals surface area contributed by atoms with E-state index in [1.165, 1.54) is 0 Å². The Morgan fingerprint density at radius 1 is 1.31 bits per heavy atom. The summed E-state index contributed by atoms with van der Waals surface area (Å²) in [5, 5.41) is 1.07. The normalized spacial score (nSPS) is 12.9. The number of halogens is 2. The van der Waals surface area contributed by atoms with Crippen molar-refractivity contribution in [3.63, 3.8) is 0 Å². The maximum Gasteiger partial charge on any atom is 0.0640 e. The highest BCUT2D eigenvalue weighted by Gasteiger charge is 2.10. The third-order valence-corrected chi connectivity index (χ3v) is 2.69. The van der Waals surface area contributed by atoms with Gasteiger partial charge in [-0.25, -0.2) is 0 Å². The van der Waals surface area contributed by atoms with Crippen LogP contribution < -0.4 is 11.5 Å². The Balaban J connectivity index is 2.93. The smallest absolute Gasteiger partial charge is 0.0640 e. The van der Waals surface area contributed by atoms with Crippen LogP contribution in [0.5, 0.6) is 0 Å². The van der Waals surface area contributed by atoms with E-state index in [-0.39, 0.29) is 6.04 Å². The molecule has 0 saturated carbocycles. The summed E-state index contributed by atoms with van der Waals surface area (Å²) in [5.41, 5.74) is 12.1. The fraction of sp³-hybridized carbons (Fsp3) is 0.333. The van der Waals surface area contributed by atoms with Crippen LogP contribution in [0, 0.1) is 0 Å². The first-order valence-corrected chi connectivity index (χ1v) is 4.82. The average Bonchev–Trinajstić information content (AvgIpc) is 2.10. The molecule has 0 bridgehead atoms. The molecule has 1 aromatic carbocycles. The summed E-state index contributed by atoms with van der Waals surface area (Å²) in [6.07, 6.45) is 0.708. The van der Waals surface area contributed by atoms with Crippen LogP contribution in [0.4, 0.5) is 0 Å². The maximum absolute atomic E-state index is 5.97. The van der Waals surface area contributed by atoms with Crippen molar-refractivity contribution in [3.05, 3.63) is 33.8 Å². The minimum atomic E-state index is -0.129. The second-order valence-corrected chi connectivity index (χ2v) is 3.61. The van der Waals surface area contributed by atoms with Gasteiger partial charge in [-0.1, -0.05) is 35.3 Å². The lowest BCUT2D eigenvalue weighted by atomic mass is 10.1. The Hall–Kier alpha value is -0.280. The molecule has 0 heterocycles. The van der Waals surface area contributed by atoms with E-state index in [0.29, 0.717) is 23.0 Å². The molecule has 4 heteroatoms. The summed E-state index contributed by atoms with van der Waals surface area (Å²) < 4.78 is 0. The topological polar surface area (TPSA) is 52.0 Å². The lowest BCUT2D eigenvalue weighted by Gasteiger charge is -2.12. The zero-order chi connectivity index (χ0) is 9.84. The summed E-state index contributed by atoms with van der Waals surface area (Å²) in [4.78, 5) is 0. The van der Waals surface area contributed by atoms with Crippen LogP contribution in [0.15, 0.2) is 18.2 Å². The second-order valence-electron chi connectivity index (χ2n) is 2.83. The molecule has 0 fully saturated rings. The quantitative estimate of drug-likeness (QED) is 0.819. The van der Waals surface area contributed by atoms with Gasteiger partial charge in [-0.3, -0.25) is 0 Å². The summed E-state index contributed by atoms with van der Waals surface area (Å²) in [5.74, 6) is 0. The van der Waals surface area contributed by atoms with E-state index >= 15 is 0 Å². The highest BCUT2D eigenvalue weighted by atomic mass is 35.5. The van der Waals surface area contributed by atoms with E-state index in [1.54, 1.807) is 6.07 Å². The Kier molecular flexibility index (Phi) is 4.00. The lowest BCUT2D eigenvalue weighted by Crippen LogP contribution is -2.15. The van der Waals surface area contributed by atoms with Gasteiger partial charge < -0.3 is 11.5 Å². The van der Waals surface area contributed by atoms with Gasteiger partial charge in [-0.15, -0.1) is 0 Å². The monoisotopic (exact) mass is 218 g/mol. The first-order valence-electron chi connectivity index (χ1n) is 4.06. The fourth-order valence-corrected chi connectivity index (χ4v) is 1.59. The lowest BCUT2D eigenvalue weighted by molar-refractivity contribution is 0.661. The van der Waals surface area contributed by atoms with Crippen molar-refractivity contribution in [1.29, 1.82) is 0 Å². The van der Waals surface area contributed by atoms with Crippen LogP contribution in [0.2, 0.25) is 10.0 Å². The second kappa shape index (κ2) is 4.82. The molecule has 0 amide bonds. The van der Waals surface area contributed by atoms with Gasteiger partial charge in [0.05, 0.1) is 10.0 Å². The van der Waals surface area contributed by atoms with Crippen molar-refractivity contribution in [1.82, 2.24) is 0 Å². The zero-order valence-corrected chi connectivity index (χ0v) is 8.65. The third kappa shape index (κ3) is 2.58. The van der Waals surface area contributed by atoms with E-state index in [2.05, 4.69) is 0 Å². The molecule has 1 atom stereocenters. The molecule has 13 heavy (non-hydrogen) atoms. The SMILES string of the molecule is NCC[C@@H](N)c1cccc(Cl)c1Cl. The van der Waals surface area contributed by atoms with Gasteiger partial charge in [0.25, 0.3) is 0 Å². The Labute approximate surface area is 87.8 Å². The first-order chi connectivity index (χ1) is 6.16. The number of nitrogens with two attached hydrogens (primary N) is 2. The van der Waals surface area contributed by atoms with Crippen molar-refractivity contribution in [2.45, 2.75) is 12.5 Å². The Bertz CT molecular complexity index is 289. The molecule has 0 aliphatic carbocycles. The minimum absolute atomic E-state index is 0.129. The third-order valence-electron chi connectivity index (χ3n) is 1.86. The number of hydrogen-bond acceptors (Lipinski definition) is 2. The Morgan fingerprint density at radius 2 is 2.00 bits per heavy atom. The molecule has 0 aliphatic rings. The molecule has 0 radical (unpaired) electrons. The number of rotatable bonds is 3. The van der Waals surface area contributed by atoms with Crippen LogP contribution in [-0.2, 0) is 0 Å². The van der Waals surface area contributed by atoms with E-state index in [1.807, 2.05) is 12.1 Å². The zero-order valence-electron chi connectivity index (χ0n) is 7.13. The minimum Gasteiger partial charge on any atom is -0.330 e. The van der Waals surface area contributed by atoms with Gasteiger partial charge in [0.15, 0.2) is 0 Å². The molecule has 0 spiro atoms. The van der Waals surface area contributed by atoms with Gasteiger partial charge in [-0.2, -0.15) is 0 Å². The van der Waals surface area contributed by atoms with Crippen LogP contribution in [0.1, 0.15) is 18.0 Å². The standard InChI is InChI=1S/C9H12Cl2N2/c10-7-3-1-2-6(9(7)11)8(13)4-5-12/h1-3,8H,4-5,12-13H2/t8-/m1/s1. The molecular formula is C9H12Cl2N2. The number of hydrogen-bond donors (Lipinski definition) is 2. The van der Waals surface area contributed by atoms with Crippen molar-refractivity contribution in [3.8, 4) is 0 Å². The molecule has 4 N–H and O–H groups in total. The highest BCUT2D eigenvalue weighted by molar-refractivity contribution is 6.42. The molecule has 1 rings (SSSR count). The highest BCUT2D eigenvalue weighted by Crippen LogP contribution is 2.29. The molecule has 2 nitrogen and oxygen atoms in total. The molecule has 0 aromatic heterocycles. The van der Waals surface area contributed by atoms with Crippen LogP contribution in [0.3, 0.4) is 0 Å². The van der Waals surface area contributed by atoms with Crippen molar-refractivity contribution >= 4 is 23.2 Å². The summed E-state index contributed by atoms with van der Waals surface area (Å²) in [6, 6.07) is 5.31. The van der Waals surface area contributed by atoms with Crippen LogP contribution >= 0.6 is 23.2 Å². The first kappa shape index (κ1) is 10.8. The molecule has 0 saturated heterocycles. The van der Waals surface area contributed by atoms with Gasteiger partial charge in [0, 0.05) is 6.04 Å². The Morgan fingerprint density at radius 3 is 2.62 bits per heavy atom. The van der Waals surface area contributed by atoms with Crippen molar-refractivity contribution < 1.29 is 0 Å². The largest absolute Gasteiger partial charge is 0.330 e. The summed E-state index contributed by atoms with van der Waals surface area (Å²) in [6.45, 7) is 0.546. The summed E-state index contributed by atoms with van der Waals surface area (Å²) >= 11 is 11.8. The van der Waals surface area contributed by atoms with E-state index < -0.39 is 0 Å². The van der Waals surface area contributed by atoms with Gasteiger partial charge in [-0.05, 0) is 24.6 Å². The van der Waals surface area contributed by atoms with Gasteiger partial charge >= 0.3 is 0 Å². The van der Waals surface area contributed by atoms with Crippen molar-refractivity contribution in [2.24, 2.45) is 11.5 Å². The number of benzene rings is 1. The van der Waals surface area contributed by atoms with Crippen molar-refractivity contribution in [2.75, 3.05) is 6.54 Å². The van der Waals surface area contributed by atoms with E-state index in [0.717, 1.165) is 5.56 Å². The molecular weight excluding hydrogens is 207 g/mol. The predicted octanol–water partition coefficient (Wildman–Crippen LogP) is 2.34. The van der Waals surface area contributed by atoms with Crippen LogP contribution in [-0.4, -0.2) is 6.54 Å². The average molecular weight is 219 g/mol.